The smallest absolute Gasteiger partial charge is 0.271 e. The molecule has 0 aliphatic carbocycles. The van der Waals surface area contributed by atoms with Crippen LogP contribution in [0.3, 0.4) is 0 Å². The molecule has 1 aromatic carbocycles. The second-order valence-electron chi connectivity index (χ2n) is 3.56. The molecule has 0 saturated carbocycles. The molecule has 2 aromatic rings. The summed E-state index contributed by atoms with van der Waals surface area (Å²) < 4.78 is 0. The van der Waals surface area contributed by atoms with Crippen molar-refractivity contribution in [2.24, 2.45) is 5.10 Å². The fourth-order valence-corrected chi connectivity index (χ4v) is 1.36. The first-order chi connectivity index (χ1) is 8.77. The second kappa shape index (κ2) is 5.58. The number of anilines is 1. The van der Waals surface area contributed by atoms with Crippen LogP contribution in [0.5, 0.6) is 0 Å². The topological polar surface area (TPSA) is 80.4 Å². The highest BCUT2D eigenvalue weighted by Crippen LogP contribution is 2.06. The molecule has 18 heavy (non-hydrogen) atoms. The quantitative estimate of drug-likeness (QED) is 0.484. The van der Waals surface area contributed by atoms with Gasteiger partial charge in [-0.25, -0.2) is 5.43 Å². The molecule has 0 spiro atoms. The Morgan fingerprint density at radius 1 is 1.22 bits per heavy atom. The van der Waals surface area contributed by atoms with E-state index in [0.717, 1.165) is 5.56 Å². The average molecular weight is 240 g/mol. The van der Waals surface area contributed by atoms with E-state index in [1.54, 1.807) is 30.6 Å². The predicted molar refractivity (Wildman–Crippen MR) is 70.2 cm³/mol. The molecular formula is C13H12N4O. The van der Waals surface area contributed by atoms with Crippen molar-refractivity contribution in [2.45, 2.75) is 0 Å². The molecule has 0 radical (unpaired) electrons. The fourth-order valence-electron chi connectivity index (χ4n) is 1.36. The molecule has 3 N–H and O–H groups in total. The van der Waals surface area contributed by atoms with Gasteiger partial charge < -0.3 is 5.73 Å². The SMILES string of the molecule is Nc1ccccc1/C=N/NC(=O)c1ccncc1. The molecule has 0 unspecified atom stereocenters. The van der Waals surface area contributed by atoms with Crippen LogP contribution in [-0.4, -0.2) is 17.1 Å². The first kappa shape index (κ1) is 11.8. The summed E-state index contributed by atoms with van der Waals surface area (Å²) in [5, 5.41) is 3.85. The van der Waals surface area contributed by atoms with Crippen LogP contribution >= 0.6 is 0 Å². The van der Waals surface area contributed by atoms with E-state index < -0.39 is 0 Å². The first-order valence-electron chi connectivity index (χ1n) is 5.35. The molecule has 5 heteroatoms. The molecule has 0 fully saturated rings. The lowest BCUT2D eigenvalue weighted by Crippen LogP contribution is -2.17. The van der Waals surface area contributed by atoms with Crippen LogP contribution in [0.1, 0.15) is 15.9 Å². The highest BCUT2D eigenvalue weighted by atomic mass is 16.2. The third kappa shape index (κ3) is 2.91. The van der Waals surface area contributed by atoms with Crippen molar-refractivity contribution in [1.29, 1.82) is 0 Å². The van der Waals surface area contributed by atoms with Gasteiger partial charge in [0.05, 0.1) is 6.21 Å². The van der Waals surface area contributed by atoms with E-state index in [1.165, 1.54) is 6.21 Å². The number of nitrogen functional groups attached to an aromatic ring is 1. The number of hydrogen-bond acceptors (Lipinski definition) is 4. The van der Waals surface area contributed by atoms with Crippen molar-refractivity contribution in [3.05, 3.63) is 59.9 Å². The summed E-state index contributed by atoms with van der Waals surface area (Å²) in [6.07, 6.45) is 4.61. The number of nitrogens with zero attached hydrogens (tertiary/aromatic N) is 2. The fraction of sp³-hybridized carbons (Fsp3) is 0. The van der Waals surface area contributed by atoms with Gasteiger partial charge in [0.1, 0.15) is 0 Å². The van der Waals surface area contributed by atoms with Crippen molar-refractivity contribution in [3.8, 4) is 0 Å². The number of hydrogen-bond donors (Lipinski definition) is 2. The number of pyridine rings is 1. The van der Waals surface area contributed by atoms with Crippen molar-refractivity contribution < 1.29 is 4.79 Å². The van der Waals surface area contributed by atoms with Gasteiger partial charge in [-0.2, -0.15) is 5.10 Å². The van der Waals surface area contributed by atoms with Gasteiger partial charge in [-0.15, -0.1) is 0 Å². The van der Waals surface area contributed by atoms with Crippen LogP contribution in [0.15, 0.2) is 53.9 Å². The lowest BCUT2D eigenvalue weighted by Gasteiger charge is -2.00. The van der Waals surface area contributed by atoms with Gasteiger partial charge >= 0.3 is 0 Å². The van der Waals surface area contributed by atoms with Crippen LogP contribution in [0.25, 0.3) is 0 Å². The van der Waals surface area contributed by atoms with Gasteiger partial charge in [0.25, 0.3) is 5.91 Å². The van der Waals surface area contributed by atoms with E-state index in [1.807, 2.05) is 18.2 Å². The van der Waals surface area contributed by atoms with Gasteiger partial charge in [0.15, 0.2) is 0 Å². The Balaban J connectivity index is 2.00. The van der Waals surface area contributed by atoms with Crippen LogP contribution in [-0.2, 0) is 0 Å². The normalized spacial score (nSPS) is 10.4. The first-order valence-corrected chi connectivity index (χ1v) is 5.35. The van der Waals surface area contributed by atoms with Crippen LogP contribution < -0.4 is 11.2 Å². The van der Waals surface area contributed by atoms with Gasteiger partial charge in [-0.1, -0.05) is 18.2 Å². The van der Waals surface area contributed by atoms with Crippen LogP contribution in [0.2, 0.25) is 0 Å². The summed E-state index contributed by atoms with van der Waals surface area (Å²) >= 11 is 0. The van der Waals surface area contributed by atoms with Crippen LogP contribution in [0, 0.1) is 0 Å². The Morgan fingerprint density at radius 3 is 2.67 bits per heavy atom. The maximum atomic E-state index is 11.6. The van der Waals surface area contributed by atoms with Crippen molar-refractivity contribution in [1.82, 2.24) is 10.4 Å². The monoisotopic (exact) mass is 240 g/mol. The molecule has 2 rings (SSSR count). The van der Waals surface area contributed by atoms with Crippen molar-refractivity contribution >= 4 is 17.8 Å². The maximum absolute atomic E-state index is 11.6. The maximum Gasteiger partial charge on any atom is 0.271 e. The summed E-state index contributed by atoms with van der Waals surface area (Å²) in [7, 11) is 0. The van der Waals surface area contributed by atoms with Crippen molar-refractivity contribution in [2.75, 3.05) is 5.73 Å². The summed E-state index contributed by atoms with van der Waals surface area (Å²) in [5.74, 6) is -0.289. The summed E-state index contributed by atoms with van der Waals surface area (Å²) in [5.41, 5.74) is 10.0. The molecular weight excluding hydrogens is 228 g/mol. The van der Waals surface area contributed by atoms with Gasteiger partial charge in [0.2, 0.25) is 0 Å². The number of aromatic nitrogens is 1. The zero-order valence-corrected chi connectivity index (χ0v) is 9.58. The molecule has 1 aromatic heterocycles. The Kier molecular flexibility index (Phi) is 3.66. The minimum atomic E-state index is -0.289. The van der Waals surface area contributed by atoms with E-state index in [9.17, 15) is 4.79 Å². The summed E-state index contributed by atoms with van der Waals surface area (Å²) in [6, 6.07) is 10.5. The number of nitrogens with one attached hydrogen (secondary N) is 1. The average Bonchev–Trinajstić information content (AvgIpc) is 2.42. The largest absolute Gasteiger partial charge is 0.398 e. The molecule has 0 aliphatic rings. The number of carbonyl (C=O) groups excluding carboxylic acids is 1. The number of carbonyl (C=O) groups is 1. The standard InChI is InChI=1S/C13H12N4O/c14-12-4-2-1-3-11(12)9-16-17-13(18)10-5-7-15-8-6-10/h1-9H,14H2,(H,17,18)/b16-9+. The van der Waals surface area contributed by atoms with Crippen molar-refractivity contribution in [3.63, 3.8) is 0 Å². The molecule has 0 aliphatic heterocycles. The minimum Gasteiger partial charge on any atom is -0.398 e. The highest BCUT2D eigenvalue weighted by molar-refractivity contribution is 5.95. The molecule has 5 nitrogen and oxygen atoms in total. The molecule has 90 valence electrons. The van der Waals surface area contributed by atoms with Gasteiger partial charge in [-0.05, 0) is 18.2 Å². The Hall–Kier alpha value is -2.69. The number of rotatable bonds is 3. The molecule has 0 bridgehead atoms. The number of nitrogens with two attached hydrogens (primary N) is 1. The van der Waals surface area contributed by atoms with Gasteiger partial charge in [0, 0.05) is 29.2 Å². The highest BCUT2D eigenvalue weighted by Gasteiger charge is 2.02. The number of hydrazone groups is 1. The predicted octanol–water partition coefficient (Wildman–Crippen LogP) is 1.43. The molecule has 1 heterocycles. The second-order valence-corrected chi connectivity index (χ2v) is 3.56. The molecule has 1 amide bonds. The van der Waals surface area contributed by atoms with E-state index in [4.69, 9.17) is 5.73 Å². The Labute approximate surface area is 104 Å². The summed E-state index contributed by atoms with van der Waals surface area (Å²) in [4.78, 5) is 15.5. The van der Waals surface area contributed by atoms with E-state index >= 15 is 0 Å². The number of para-hydroxylation sites is 1. The zero-order valence-electron chi connectivity index (χ0n) is 9.58. The third-order valence-corrected chi connectivity index (χ3v) is 2.31. The summed E-state index contributed by atoms with van der Waals surface area (Å²) in [6.45, 7) is 0. The third-order valence-electron chi connectivity index (χ3n) is 2.31. The zero-order chi connectivity index (χ0) is 12.8. The lowest BCUT2D eigenvalue weighted by atomic mass is 10.2. The van der Waals surface area contributed by atoms with Crippen LogP contribution in [0.4, 0.5) is 5.69 Å². The van der Waals surface area contributed by atoms with E-state index in [-0.39, 0.29) is 5.91 Å². The number of benzene rings is 1. The van der Waals surface area contributed by atoms with E-state index in [0.29, 0.717) is 11.3 Å². The molecule has 0 atom stereocenters. The van der Waals surface area contributed by atoms with E-state index in [2.05, 4.69) is 15.5 Å². The Morgan fingerprint density at radius 2 is 1.94 bits per heavy atom. The number of amides is 1. The lowest BCUT2D eigenvalue weighted by molar-refractivity contribution is 0.0955. The van der Waals surface area contributed by atoms with Gasteiger partial charge in [-0.3, -0.25) is 9.78 Å². The minimum absolute atomic E-state index is 0.289. The Bertz CT molecular complexity index is 566. The molecule has 0 saturated heterocycles.